The van der Waals surface area contributed by atoms with E-state index in [1.807, 2.05) is 0 Å². The van der Waals surface area contributed by atoms with Crippen LogP contribution in [-0.4, -0.2) is 43.4 Å². The molecule has 0 atom stereocenters. The van der Waals surface area contributed by atoms with E-state index < -0.39 is 10.0 Å². The Hall–Kier alpha value is -2.39. The molecule has 1 amide bonds. The molecule has 27 heavy (non-hydrogen) atoms. The molecule has 0 saturated carbocycles. The molecule has 2 N–H and O–H groups in total. The maximum atomic E-state index is 12.7. The fourth-order valence-electron chi connectivity index (χ4n) is 2.97. The number of aromatic nitrogens is 1. The van der Waals surface area contributed by atoms with Crippen LogP contribution in [0.2, 0.25) is 0 Å². The number of amides is 1. The molecule has 0 radical (unpaired) electrons. The molecule has 1 aliphatic rings. The number of hydrogen-bond acceptors (Lipinski definition) is 6. The molecule has 2 aromatic rings. The normalized spacial score (nSPS) is 15.9. The number of sulfonamides is 1. The Balaban J connectivity index is 1.57. The SMILES string of the molecule is Cc1cc(NC(=O)CNc2ccc(S(=O)(=O)N3CCCCCC3)cc2)no1. The van der Waals surface area contributed by atoms with Gasteiger partial charge in [0, 0.05) is 24.8 Å². The van der Waals surface area contributed by atoms with Gasteiger partial charge in [-0.1, -0.05) is 18.0 Å². The summed E-state index contributed by atoms with van der Waals surface area (Å²) in [4.78, 5) is 12.2. The number of anilines is 2. The van der Waals surface area contributed by atoms with Crippen LogP contribution >= 0.6 is 0 Å². The van der Waals surface area contributed by atoms with Crippen molar-refractivity contribution in [2.75, 3.05) is 30.3 Å². The van der Waals surface area contributed by atoms with E-state index in [1.165, 1.54) is 0 Å². The Morgan fingerprint density at radius 2 is 1.81 bits per heavy atom. The highest BCUT2D eigenvalue weighted by molar-refractivity contribution is 7.89. The number of benzene rings is 1. The lowest BCUT2D eigenvalue weighted by molar-refractivity contribution is -0.114. The van der Waals surface area contributed by atoms with Gasteiger partial charge in [0.15, 0.2) is 5.82 Å². The van der Waals surface area contributed by atoms with Crippen LogP contribution in [0, 0.1) is 6.92 Å². The summed E-state index contributed by atoms with van der Waals surface area (Å²) in [5.74, 6) is 0.697. The Labute approximate surface area is 159 Å². The van der Waals surface area contributed by atoms with Crippen LogP contribution in [0.1, 0.15) is 31.4 Å². The van der Waals surface area contributed by atoms with Crippen LogP contribution < -0.4 is 10.6 Å². The van der Waals surface area contributed by atoms with Gasteiger partial charge in [0.2, 0.25) is 15.9 Å². The van der Waals surface area contributed by atoms with E-state index in [9.17, 15) is 13.2 Å². The first kappa shape index (κ1) is 19.4. The lowest BCUT2D eigenvalue weighted by Gasteiger charge is -2.20. The topological polar surface area (TPSA) is 105 Å². The van der Waals surface area contributed by atoms with E-state index in [1.54, 1.807) is 41.6 Å². The van der Waals surface area contributed by atoms with Gasteiger partial charge in [-0.15, -0.1) is 0 Å². The second kappa shape index (κ2) is 8.53. The Bertz CT molecular complexity index is 869. The highest BCUT2D eigenvalue weighted by Gasteiger charge is 2.24. The van der Waals surface area contributed by atoms with Crippen molar-refractivity contribution in [3.63, 3.8) is 0 Å². The van der Waals surface area contributed by atoms with Gasteiger partial charge in [-0.3, -0.25) is 4.79 Å². The summed E-state index contributed by atoms with van der Waals surface area (Å²) in [6, 6.07) is 8.10. The molecular weight excluding hydrogens is 368 g/mol. The van der Waals surface area contributed by atoms with Crippen LogP contribution in [0.4, 0.5) is 11.5 Å². The maximum Gasteiger partial charge on any atom is 0.244 e. The van der Waals surface area contributed by atoms with Gasteiger partial charge in [-0.25, -0.2) is 8.42 Å². The van der Waals surface area contributed by atoms with Crippen molar-refractivity contribution < 1.29 is 17.7 Å². The fraction of sp³-hybridized carbons (Fsp3) is 0.444. The molecule has 1 saturated heterocycles. The molecule has 0 unspecified atom stereocenters. The largest absolute Gasteiger partial charge is 0.376 e. The van der Waals surface area contributed by atoms with Crippen molar-refractivity contribution in [1.29, 1.82) is 0 Å². The van der Waals surface area contributed by atoms with E-state index in [0.717, 1.165) is 25.7 Å². The van der Waals surface area contributed by atoms with Crippen molar-refractivity contribution in [2.45, 2.75) is 37.5 Å². The summed E-state index contributed by atoms with van der Waals surface area (Å²) in [5, 5.41) is 9.26. The van der Waals surface area contributed by atoms with Crippen molar-refractivity contribution in [2.24, 2.45) is 0 Å². The van der Waals surface area contributed by atoms with Gasteiger partial charge in [0.05, 0.1) is 11.4 Å². The third-order valence-corrected chi connectivity index (χ3v) is 6.32. The quantitative estimate of drug-likeness (QED) is 0.783. The third-order valence-electron chi connectivity index (χ3n) is 4.41. The van der Waals surface area contributed by atoms with Gasteiger partial charge in [-0.05, 0) is 44.0 Å². The summed E-state index contributed by atoms with van der Waals surface area (Å²) >= 11 is 0. The summed E-state index contributed by atoms with van der Waals surface area (Å²) in [7, 11) is -3.46. The van der Waals surface area contributed by atoms with Crippen LogP contribution in [0.5, 0.6) is 0 Å². The Morgan fingerprint density at radius 3 is 2.41 bits per heavy atom. The molecule has 146 valence electrons. The summed E-state index contributed by atoms with van der Waals surface area (Å²) < 4.78 is 31.9. The van der Waals surface area contributed by atoms with E-state index in [-0.39, 0.29) is 17.3 Å². The van der Waals surface area contributed by atoms with E-state index >= 15 is 0 Å². The summed E-state index contributed by atoms with van der Waals surface area (Å²) in [6.07, 6.45) is 3.95. The van der Waals surface area contributed by atoms with Crippen LogP contribution in [0.3, 0.4) is 0 Å². The number of rotatable bonds is 6. The first-order valence-electron chi connectivity index (χ1n) is 9.02. The Kier molecular flexibility index (Phi) is 6.12. The summed E-state index contributed by atoms with van der Waals surface area (Å²) in [5.41, 5.74) is 0.663. The second-order valence-corrected chi connectivity index (χ2v) is 8.51. The molecule has 1 aliphatic heterocycles. The van der Waals surface area contributed by atoms with E-state index in [0.29, 0.717) is 30.4 Å². The lowest BCUT2D eigenvalue weighted by atomic mass is 10.2. The average molecular weight is 392 g/mol. The summed E-state index contributed by atoms with van der Waals surface area (Å²) in [6.45, 7) is 2.92. The van der Waals surface area contributed by atoms with Crippen molar-refractivity contribution in [3.05, 3.63) is 36.1 Å². The van der Waals surface area contributed by atoms with Crippen LogP contribution in [0.15, 0.2) is 39.8 Å². The molecule has 1 aromatic heterocycles. The molecule has 1 fully saturated rings. The number of aryl methyl sites for hydroxylation is 1. The molecule has 8 nitrogen and oxygen atoms in total. The van der Waals surface area contributed by atoms with Crippen molar-refractivity contribution in [3.8, 4) is 0 Å². The molecule has 0 spiro atoms. The minimum Gasteiger partial charge on any atom is -0.376 e. The molecule has 1 aromatic carbocycles. The first-order chi connectivity index (χ1) is 12.9. The van der Waals surface area contributed by atoms with Crippen LogP contribution in [0.25, 0.3) is 0 Å². The maximum absolute atomic E-state index is 12.7. The van der Waals surface area contributed by atoms with Gasteiger partial charge >= 0.3 is 0 Å². The molecular formula is C18H24N4O4S. The third kappa shape index (κ3) is 5.08. The van der Waals surface area contributed by atoms with Gasteiger partial charge in [0.1, 0.15) is 5.76 Å². The zero-order valence-corrected chi connectivity index (χ0v) is 16.1. The number of carbonyl (C=O) groups is 1. The lowest BCUT2D eigenvalue weighted by Crippen LogP contribution is -2.31. The zero-order valence-electron chi connectivity index (χ0n) is 15.3. The van der Waals surface area contributed by atoms with E-state index in [4.69, 9.17) is 4.52 Å². The Morgan fingerprint density at radius 1 is 1.15 bits per heavy atom. The average Bonchev–Trinajstić information content (AvgIpc) is 2.88. The molecule has 9 heteroatoms. The van der Waals surface area contributed by atoms with Gasteiger partial charge in [0.25, 0.3) is 0 Å². The van der Waals surface area contributed by atoms with Crippen LogP contribution in [-0.2, 0) is 14.8 Å². The smallest absolute Gasteiger partial charge is 0.244 e. The molecule has 0 bridgehead atoms. The second-order valence-electron chi connectivity index (χ2n) is 6.57. The fourth-order valence-corrected chi connectivity index (χ4v) is 4.49. The molecule has 0 aliphatic carbocycles. The number of carbonyl (C=O) groups excluding carboxylic acids is 1. The minimum atomic E-state index is -3.46. The standard InChI is InChI=1S/C18H24N4O4S/c1-14-12-17(21-26-14)20-18(23)13-19-15-6-8-16(9-7-15)27(24,25)22-10-4-2-3-5-11-22/h6-9,12,19H,2-5,10-11,13H2,1H3,(H,20,21,23). The van der Waals surface area contributed by atoms with Gasteiger partial charge < -0.3 is 15.2 Å². The molecule has 2 heterocycles. The van der Waals surface area contributed by atoms with Gasteiger partial charge in [-0.2, -0.15) is 4.31 Å². The number of nitrogens with zero attached hydrogens (tertiary/aromatic N) is 2. The number of hydrogen-bond donors (Lipinski definition) is 2. The minimum absolute atomic E-state index is 0.0319. The van der Waals surface area contributed by atoms with Crippen molar-refractivity contribution >= 4 is 27.4 Å². The highest BCUT2D eigenvalue weighted by Crippen LogP contribution is 2.21. The van der Waals surface area contributed by atoms with Crippen molar-refractivity contribution in [1.82, 2.24) is 9.46 Å². The molecule has 3 rings (SSSR count). The first-order valence-corrected chi connectivity index (χ1v) is 10.5. The predicted molar refractivity (Wildman–Crippen MR) is 102 cm³/mol. The zero-order chi connectivity index (χ0) is 19.3. The number of nitrogens with one attached hydrogen (secondary N) is 2. The highest BCUT2D eigenvalue weighted by atomic mass is 32.2. The van der Waals surface area contributed by atoms with E-state index in [2.05, 4.69) is 15.8 Å². The predicted octanol–water partition coefficient (Wildman–Crippen LogP) is 2.60. The monoisotopic (exact) mass is 392 g/mol.